The lowest BCUT2D eigenvalue weighted by atomic mass is 10.1. The van der Waals surface area contributed by atoms with Crippen molar-refractivity contribution in [2.45, 2.75) is 19.5 Å². The maximum absolute atomic E-state index is 6.31. The molecular weight excluding hydrogens is 278 g/mol. The van der Waals surface area contributed by atoms with Gasteiger partial charge in [-0.25, -0.2) is 0 Å². The van der Waals surface area contributed by atoms with Crippen LogP contribution in [0.25, 0.3) is 0 Å². The highest BCUT2D eigenvalue weighted by atomic mass is 35.5. The smallest absolute Gasteiger partial charge is 0.0955 e. The summed E-state index contributed by atoms with van der Waals surface area (Å²) in [6, 6.07) is 1.91. The number of nitrogens with one attached hydrogen (secondary N) is 1. The standard InChI is InChI=1S/C13H20ClN5O/c1-4-15-12(11-5-6-18(2)17-11)13-10(14)9-16-19(13)7-8-20-3/h5-6,9,12,15H,4,7-8H2,1-3H3. The third-order valence-electron chi connectivity index (χ3n) is 3.05. The van der Waals surface area contributed by atoms with Gasteiger partial charge in [0.25, 0.3) is 0 Å². The van der Waals surface area contributed by atoms with E-state index in [1.165, 1.54) is 0 Å². The van der Waals surface area contributed by atoms with Crippen LogP contribution in [-0.2, 0) is 18.3 Å². The van der Waals surface area contributed by atoms with Crippen LogP contribution in [0.15, 0.2) is 18.5 Å². The Bertz CT molecular complexity index is 551. The molecule has 1 unspecified atom stereocenters. The minimum absolute atomic E-state index is 0.0759. The van der Waals surface area contributed by atoms with E-state index in [0.717, 1.165) is 17.9 Å². The first kappa shape index (κ1) is 15.0. The van der Waals surface area contributed by atoms with Gasteiger partial charge in [0.15, 0.2) is 0 Å². The van der Waals surface area contributed by atoms with Crippen LogP contribution < -0.4 is 5.32 Å². The van der Waals surface area contributed by atoms with Crippen LogP contribution in [0.2, 0.25) is 5.02 Å². The first-order chi connectivity index (χ1) is 9.67. The van der Waals surface area contributed by atoms with E-state index in [9.17, 15) is 0 Å². The fourth-order valence-electron chi connectivity index (χ4n) is 2.15. The lowest BCUT2D eigenvalue weighted by molar-refractivity contribution is 0.182. The normalized spacial score (nSPS) is 12.8. The number of halogens is 1. The Morgan fingerprint density at radius 2 is 2.30 bits per heavy atom. The molecule has 0 fully saturated rings. The van der Waals surface area contributed by atoms with Gasteiger partial charge in [0, 0.05) is 20.4 Å². The first-order valence-corrected chi connectivity index (χ1v) is 6.98. The van der Waals surface area contributed by atoms with Crippen molar-refractivity contribution in [1.29, 1.82) is 0 Å². The molecule has 2 aromatic rings. The minimum atomic E-state index is -0.0759. The van der Waals surface area contributed by atoms with E-state index in [1.54, 1.807) is 18.0 Å². The van der Waals surface area contributed by atoms with Crippen LogP contribution in [0, 0.1) is 0 Å². The Kier molecular flexibility index (Phi) is 5.17. The Hall–Kier alpha value is -1.37. The van der Waals surface area contributed by atoms with Gasteiger partial charge < -0.3 is 10.1 Å². The van der Waals surface area contributed by atoms with Gasteiger partial charge in [-0.2, -0.15) is 10.2 Å². The molecule has 2 heterocycles. The topological polar surface area (TPSA) is 56.9 Å². The van der Waals surface area contributed by atoms with E-state index < -0.39 is 0 Å². The molecule has 0 aliphatic carbocycles. The summed E-state index contributed by atoms with van der Waals surface area (Å²) in [6.45, 7) is 4.12. The fourth-order valence-corrected chi connectivity index (χ4v) is 2.40. The molecule has 0 saturated heterocycles. The number of ether oxygens (including phenoxy) is 1. The third-order valence-corrected chi connectivity index (χ3v) is 3.34. The molecule has 7 heteroatoms. The van der Waals surface area contributed by atoms with E-state index in [4.69, 9.17) is 16.3 Å². The van der Waals surface area contributed by atoms with E-state index in [-0.39, 0.29) is 6.04 Å². The molecule has 2 rings (SSSR count). The van der Waals surface area contributed by atoms with E-state index in [2.05, 4.69) is 22.4 Å². The second kappa shape index (κ2) is 6.88. The van der Waals surface area contributed by atoms with Crippen LogP contribution in [-0.4, -0.2) is 39.8 Å². The average Bonchev–Trinajstić information content (AvgIpc) is 3.01. The van der Waals surface area contributed by atoms with Gasteiger partial charge in [0.2, 0.25) is 0 Å². The number of aromatic nitrogens is 4. The molecule has 0 spiro atoms. The van der Waals surface area contributed by atoms with Gasteiger partial charge in [-0.1, -0.05) is 18.5 Å². The highest BCUT2D eigenvalue weighted by Gasteiger charge is 2.23. The van der Waals surface area contributed by atoms with Crippen LogP contribution in [0.1, 0.15) is 24.4 Å². The summed E-state index contributed by atoms with van der Waals surface area (Å²) in [5, 5.41) is 12.8. The molecule has 0 bridgehead atoms. The Labute approximate surface area is 123 Å². The maximum Gasteiger partial charge on any atom is 0.0955 e. The van der Waals surface area contributed by atoms with Crippen molar-refractivity contribution in [2.24, 2.45) is 7.05 Å². The molecule has 0 amide bonds. The van der Waals surface area contributed by atoms with Crippen molar-refractivity contribution in [3.8, 4) is 0 Å². The average molecular weight is 298 g/mol. The summed E-state index contributed by atoms with van der Waals surface area (Å²) >= 11 is 6.31. The lowest BCUT2D eigenvalue weighted by Gasteiger charge is -2.18. The monoisotopic (exact) mass is 297 g/mol. The van der Waals surface area contributed by atoms with Crippen molar-refractivity contribution in [3.63, 3.8) is 0 Å². The summed E-state index contributed by atoms with van der Waals surface area (Å²) in [4.78, 5) is 0. The molecule has 110 valence electrons. The van der Waals surface area contributed by atoms with Crippen LogP contribution in [0.4, 0.5) is 0 Å². The largest absolute Gasteiger partial charge is 0.383 e. The first-order valence-electron chi connectivity index (χ1n) is 6.60. The predicted octanol–water partition coefficient (Wildman–Crippen LogP) is 1.62. The molecule has 0 aromatic carbocycles. The van der Waals surface area contributed by atoms with Crippen molar-refractivity contribution in [1.82, 2.24) is 24.9 Å². The Morgan fingerprint density at radius 1 is 1.50 bits per heavy atom. The third kappa shape index (κ3) is 3.20. The zero-order valence-corrected chi connectivity index (χ0v) is 12.8. The van der Waals surface area contributed by atoms with Crippen LogP contribution in [0.5, 0.6) is 0 Å². The molecule has 1 N–H and O–H groups in total. The fraction of sp³-hybridized carbons (Fsp3) is 0.538. The number of nitrogens with zero attached hydrogens (tertiary/aromatic N) is 4. The second-order valence-electron chi connectivity index (χ2n) is 4.50. The van der Waals surface area contributed by atoms with E-state index in [1.807, 2.05) is 24.0 Å². The highest BCUT2D eigenvalue weighted by Crippen LogP contribution is 2.27. The van der Waals surface area contributed by atoms with Crippen LogP contribution in [0.3, 0.4) is 0 Å². The Balaban J connectivity index is 2.35. The maximum atomic E-state index is 6.31. The number of methoxy groups -OCH3 is 1. The number of rotatable bonds is 7. The van der Waals surface area contributed by atoms with Crippen molar-refractivity contribution in [3.05, 3.63) is 34.9 Å². The zero-order valence-electron chi connectivity index (χ0n) is 12.0. The van der Waals surface area contributed by atoms with Gasteiger partial charge in [0.05, 0.1) is 41.8 Å². The summed E-state index contributed by atoms with van der Waals surface area (Å²) in [5.41, 5.74) is 1.85. The van der Waals surface area contributed by atoms with Crippen LogP contribution >= 0.6 is 11.6 Å². The molecule has 2 aromatic heterocycles. The van der Waals surface area contributed by atoms with E-state index >= 15 is 0 Å². The molecule has 0 aliphatic rings. The molecule has 1 atom stereocenters. The number of aryl methyl sites for hydroxylation is 1. The highest BCUT2D eigenvalue weighted by molar-refractivity contribution is 6.31. The van der Waals surface area contributed by atoms with Gasteiger partial charge in [-0.05, 0) is 12.6 Å². The van der Waals surface area contributed by atoms with Gasteiger partial charge in [-0.3, -0.25) is 9.36 Å². The van der Waals surface area contributed by atoms with Gasteiger partial charge >= 0.3 is 0 Å². The SMILES string of the molecule is CCNC(c1ccn(C)n1)c1c(Cl)cnn1CCOC. The molecule has 6 nitrogen and oxygen atoms in total. The molecule has 20 heavy (non-hydrogen) atoms. The van der Waals surface area contributed by atoms with Crippen molar-refractivity contribution in [2.75, 3.05) is 20.3 Å². The molecule has 0 radical (unpaired) electrons. The lowest BCUT2D eigenvalue weighted by Crippen LogP contribution is -2.26. The minimum Gasteiger partial charge on any atom is -0.383 e. The molecular formula is C13H20ClN5O. The number of hydrogen-bond acceptors (Lipinski definition) is 4. The summed E-state index contributed by atoms with van der Waals surface area (Å²) < 4.78 is 8.77. The second-order valence-corrected chi connectivity index (χ2v) is 4.91. The van der Waals surface area contributed by atoms with Gasteiger partial charge in [-0.15, -0.1) is 0 Å². The van der Waals surface area contributed by atoms with Gasteiger partial charge in [0.1, 0.15) is 0 Å². The summed E-state index contributed by atoms with van der Waals surface area (Å²) in [7, 11) is 3.57. The quantitative estimate of drug-likeness (QED) is 0.844. The predicted molar refractivity (Wildman–Crippen MR) is 77.8 cm³/mol. The van der Waals surface area contributed by atoms with E-state index in [0.29, 0.717) is 18.2 Å². The summed E-state index contributed by atoms with van der Waals surface area (Å²) in [6.07, 6.45) is 3.59. The molecule has 0 saturated carbocycles. The number of hydrogen-bond donors (Lipinski definition) is 1. The summed E-state index contributed by atoms with van der Waals surface area (Å²) in [5.74, 6) is 0. The zero-order chi connectivity index (χ0) is 14.5. The Morgan fingerprint density at radius 3 is 2.90 bits per heavy atom. The molecule has 0 aliphatic heterocycles. The van der Waals surface area contributed by atoms with Crippen molar-refractivity contribution >= 4 is 11.6 Å². The van der Waals surface area contributed by atoms with Crippen molar-refractivity contribution < 1.29 is 4.74 Å².